The second-order valence-corrected chi connectivity index (χ2v) is 5.22. The van der Waals surface area contributed by atoms with Gasteiger partial charge in [0.05, 0.1) is 11.6 Å². The van der Waals surface area contributed by atoms with Crippen molar-refractivity contribution in [3.05, 3.63) is 35.9 Å². The number of hydrogen-bond acceptors (Lipinski definition) is 2. The van der Waals surface area contributed by atoms with Crippen molar-refractivity contribution in [2.75, 3.05) is 6.54 Å². The molecule has 2 fully saturated rings. The van der Waals surface area contributed by atoms with Crippen molar-refractivity contribution in [2.45, 2.75) is 37.3 Å². The number of amides is 1. The lowest BCUT2D eigenvalue weighted by Gasteiger charge is -2.27. The normalized spacial score (nSPS) is 25.9. The Morgan fingerprint density at radius 1 is 1.29 bits per heavy atom. The SMILES string of the molecule is NC1(C(=O)N2CCCC2c2ccccc2)CC1. The Hall–Kier alpha value is -1.35. The van der Waals surface area contributed by atoms with E-state index in [1.165, 1.54) is 5.56 Å². The van der Waals surface area contributed by atoms with Gasteiger partial charge in [-0.3, -0.25) is 4.79 Å². The maximum Gasteiger partial charge on any atom is 0.243 e. The van der Waals surface area contributed by atoms with E-state index in [-0.39, 0.29) is 11.9 Å². The Kier molecular flexibility index (Phi) is 2.44. The molecule has 90 valence electrons. The lowest BCUT2D eigenvalue weighted by molar-refractivity contribution is -0.134. The summed E-state index contributed by atoms with van der Waals surface area (Å²) in [6.45, 7) is 0.858. The number of carbonyl (C=O) groups excluding carboxylic acids is 1. The van der Waals surface area contributed by atoms with Crippen molar-refractivity contribution in [1.82, 2.24) is 4.90 Å². The van der Waals surface area contributed by atoms with Crippen LogP contribution in [-0.2, 0) is 4.79 Å². The van der Waals surface area contributed by atoms with Crippen LogP contribution in [0.3, 0.4) is 0 Å². The van der Waals surface area contributed by atoms with Crippen LogP contribution in [-0.4, -0.2) is 22.9 Å². The van der Waals surface area contributed by atoms with Crippen LogP contribution in [0.1, 0.15) is 37.3 Å². The molecule has 1 saturated carbocycles. The minimum Gasteiger partial charge on any atom is -0.334 e. The molecule has 3 heteroatoms. The maximum absolute atomic E-state index is 12.3. The number of carbonyl (C=O) groups is 1. The molecule has 1 heterocycles. The number of hydrogen-bond donors (Lipinski definition) is 1. The largest absolute Gasteiger partial charge is 0.334 e. The highest BCUT2D eigenvalue weighted by Crippen LogP contribution is 2.40. The van der Waals surface area contributed by atoms with Gasteiger partial charge in [-0.25, -0.2) is 0 Å². The molecule has 2 N–H and O–H groups in total. The highest BCUT2D eigenvalue weighted by Gasteiger charge is 2.50. The molecule has 1 amide bonds. The summed E-state index contributed by atoms with van der Waals surface area (Å²) in [5.41, 5.74) is 6.73. The van der Waals surface area contributed by atoms with E-state index >= 15 is 0 Å². The topological polar surface area (TPSA) is 46.3 Å². The van der Waals surface area contributed by atoms with Crippen molar-refractivity contribution >= 4 is 5.91 Å². The molecule has 1 aromatic rings. The van der Waals surface area contributed by atoms with Crippen LogP contribution in [0.4, 0.5) is 0 Å². The van der Waals surface area contributed by atoms with Gasteiger partial charge in [0.2, 0.25) is 5.91 Å². The van der Waals surface area contributed by atoms with E-state index in [0.29, 0.717) is 0 Å². The summed E-state index contributed by atoms with van der Waals surface area (Å²) in [7, 11) is 0. The Bertz CT molecular complexity index is 425. The summed E-state index contributed by atoms with van der Waals surface area (Å²) in [5, 5.41) is 0. The van der Waals surface area contributed by atoms with Gasteiger partial charge in [-0.1, -0.05) is 30.3 Å². The number of likely N-dealkylation sites (tertiary alicyclic amines) is 1. The molecule has 1 saturated heterocycles. The standard InChI is InChI=1S/C14H18N2O/c15-14(8-9-14)13(17)16-10-4-7-12(16)11-5-2-1-3-6-11/h1-3,5-6,12H,4,7-10,15H2. The molecule has 1 aliphatic heterocycles. The third-order valence-electron chi connectivity index (χ3n) is 3.91. The summed E-state index contributed by atoms with van der Waals surface area (Å²) in [4.78, 5) is 14.3. The summed E-state index contributed by atoms with van der Waals surface area (Å²) in [5.74, 6) is 0.156. The van der Waals surface area contributed by atoms with Gasteiger partial charge >= 0.3 is 0 Å². The molecular weight excluding hydrogens is 212 g/mol. The molecule has 1 aliphatic carbocycles. The van der Waals surface area contributed by atoms with Crippen LogP contribution in [0.15, 0.2) is 30.3 Å². The molecule has 1 atom stereocenters. The molecule has 3 rings (SSSR count). The molecule has 0 bridgehead atoms. The zero-order chi connectivity index (χ0) is 11.9. The van der Waals surface area contributed by atoms with Gasteiger partial charge in [0.25, 0.3) is 0 Å². The average molecular weight is 230 g/mol. The Morgan fingerprint density at radius 3 is 2.65 bits per heavy atom. The van der Waals surface area contributed by atoms with Gasteiger partial charge in [-0.05, 0) is 31.2 Å². The van der Waals surface area contributed by atoms with E-state index in [1.54, 1.807) is 0 Å². The van der Waals surface area contributed by atoms with E-state index in [1.807, 2.05) is 23.1 Å². The molecule has 0 radical (unpaired) electrons. The first-order valence-electron chi connectivity index (χ1n) is 6.36. The van der Waals surface area contributed by atoms with Gasteiger partial charge < -0.3 is 10.6 Å². The summed E-state index contributed by atoms with van der Waals surface area (Å²) in [6.07, 6.45) is 3.85. The second-order valence-electron chi connectivity index (χ2n) is 5.22. The van der Waals surface area contributed by atoms with Crippen LogP contribution >= 0.6 is 0 Å². The fourth-order valence-electron chi connectivity index (χ4n) is 2.67. The zero-order valence-corrected chi connectivity index (χ0v) is 9.93. The van der Waals surface area contributed by atoms with E-state index in [9.17, 15) is 4.79 Å². The van der Waals surface area contributed by atoms with Crippen molar-refractivity contribution in [3.63, 3.8) is 0 Å². The molecular formula is C14H18N2O. The monoisotopic (exact) mass is 230 g/mol. The number of nitrogens with zero attached hydrogens (tertiary/aromatic N) is 1. The molecule has 0 spiro atoms. The van der Waals surface area contributed by atoms with Crippen molar-refractivity contribution in [2.24, 2.45) is 5.73 Å². The van der Waals surface area contributed by atoms with Crippen LogP contribution in [0, 0.1) is 0 Å². The van der Waals surface area contributed by atoms with Gasteiger partial charge in [-0.15, -0.1) is 0 Å². The number of rotatable bonds is 2. The van der Waals surface area contributed by atoms with E-state index in [0.717, 1.165) is 32.2 Å². The first kappa shape index (κ1) is 10.8. The fraction of sp³-hybridized carbons (Fsp3) is 0.500. The number of benzene rings is 1. The quantitative estimate of drug-likeness (QED) is 0.842. The molecule has 1 aromatic carbocycles. The highest BCUT2D eigenvalue weighted by atomic mass is 16.2. The first-order chi connectivity index (χ1) is 8.21. The molecule has 17 heavy (non-hydrogen) atoms. The van der Waals surface area contributed by atoms with Crippen LogP contribution < -0.4 is 5.73 Å². The lowest BCUT2D eigenvalue weighted by atomic mass is 10.0. The van der Waals surface area contributed by atoms with Gasteiger partial charge in [0.1, 0.15) is 0 Å². The summed E-state index contributed by atoms with van der Waals surface area (Å²) in [6, 6.07) is 10.5. The highest BCUT2D eigenvalue weighted by molar-refractivity contribution is 5.89. The Morgan fingerprint density at radius 2 is 2.00 bits per heavy atom. The summed E-state index contributed by atoms with van der Waals surface area (Å²) < 4.78 is 0. The third-order valence-corrected chi connectivity index (χ3v) is 3.91. The van der Waals surface area contributed by atoms with Gasteiger partial charge in [0.15, 0.2) is 0 Å². The van der Waals surface area contributed by atoms with Crippen molar-refractivity contribution in [1.29, 1.82) is 0 Å². The van der Waals surface area contributed by atoms with Gasteiger partial charge in [-0.2, -0.15) is 0 Å². The molecule has 1 unspecified atom stereocenters. The van der Waals surface area contributed by atoms with E-state index in [2.05, 4.69) is 12.1 Å². The van der Waals surface area contributed by atoms with E-state index in [4.69, 9.17) is 5.73 Å². The Labute approximate surface area is 102 Å². The third kappa shape index (κ3) is 1.84. The minimum absolute atomic E-state index is 0.156. The fourth-order valence-corrected chi connectivity index (χ4v) is 2.67. The number of nitrogens with two attached hydrogens (primary N) is 1. The van der Waals surface area contributed by atoms with Crippen molar-refractivity contribution in [3.8, 4) is 0 Å². The Balaban J connectivity index is 1.83. The van der Waals surface area contributed by atoms with Crippen LogP contribution in [0.2, 0.25) is 0 Å². The lowest BCUT2D eigenvalue weighted by Crippen LogP contribution is -2.45. The predicted octanol–water partition coefficient (Wildman–Crippen LogP) is 1.84. The average Bonchev–Trinajstić information content (AvgIpc) is 2.95. The molecule has 2 aliphatic rings. The summed E-state index contributed by atoms with van der Waals surface area (Å²) >= 11 is 0. The smallest absolute Gasteiger partial charge is 0.243 e. The maximum atomic E-state index is 12.3. The van der Waals surface area contributed by atoms with E-state index < -0.39 is 5.54 Å². The minimum atomic E-state index is -0.530. The van der Waals surface area contributed by atoms with Crippen LogP contribution in [0.5, 0.6) is 0 Å². The molecule has 0 aromatic heterocycles. The van der Waals surface area contributed by atoms with Crippen LogP contribution in [0.25, 0.3) is 0 Å². The van der Waals surface area contributed by atoms with Crippen molar-refractivity contribution < 1.29 is 4.79 Å². The first-order valence-corrected chi connectivity index (χ1v) is 6.36. The van der Waals surface area contributed by atoms with Gasteiger partial charge in [0, 0.05) is 6.54 Å². The molecule has 3 nitrogen and oxygen atoms in total. The second kappa shape index (κ2) is 3.84. The zero-order valence-electron chi connectivity index (χ0n) is 9.93. The predicted molar refractivity (Wildman–Crippen MR) is 66.3 cm³/mol.